The molecule has 1 saturated carbocycles. The second-order valence-electron chi connectivity index (χ2n) is 8.60. The first kappa shape index (κ1) is 21.9. The number of nitrogens with one attached hydrogen (secondary N) is 2. The van der Waals surface area contributed by atoms with E-state index in [1.54, 1.807) is 23.1 Å². The van der Waals surface area contributed by atoms with Crippen LogP contribution < -0.4 is 21.9 Å². The van der Waals surface area contributed by atoms with Crippen LogP contribution in [0.15, 0.2) is 21.6 Å². The van der Waals surface area contributed by atoms with Gasteiger partial charge in [-0.25, -0.2) is 9.97 Å². The summed E-state index contributed by atoms with van der Waals surface area (Å²) in [6.07, 6.45) is 2.94. The molecule has 5 rings (SSSR count). The molecule has 4 heterocycles. The molecule has 33 heavy (non-hydrogen) atoms. The van der Waals surface area contributed by atoms with Gasteiger partial charge in [0.15, 0.2) is 0 Å². The smallest absolute Gasteiger partial charge is 0.270 e. The summed E-state index contributed by atoms with van der Waals surface area (Å²) in [5.74, 6) is -0.358. The minimum Gasteiger partial charge on any atom is -0.354 e. The molecular weight excluding hydrogens is 460 g/mol. The van der Waals surface area contributed by atoms with Gasteiger partial charge in [-0.15, -0.1) is 22.7 Å². The van der Waals surface area contributed by atoms with Gasteiger partial charge in [0.2, 0.25) is 0 Å². The van der Waals surface area contributed by atoms with Crippen molar-refractivity contribution in [3.8, 4) is 10.7 Å². The highest BCUT2D eigenvalue weighted by Crippen LogP contribution is 2.50. The second kappa shape index (κ2) is 8.15. The fraction of sp³-hybridized carbons (Fsp3) is 0.409. The summed E-state index contributed by atoms with van der Waals surface area (Å²) in [4.78, 5) is 46.8. The van der Waals surface area contributed by atoms with Crippen molar-refractivity contribution >= 4 is 34.5 Å². The van der Waals surface area contributed by atoms with Crippen molar-refractivity contribution in [3.05, 3.63) is 54.7 Å². The highest BCUT2D eigenvalue weighted by Gasteiger charge is 2.53. The number of carbonyl (C=O) groups excluding carboxylic acids is 2. The van der Waals surface area contributed by atoms with Crippen molar-refractivity contribution < 1.29 is 9.59 Å². The van der Waals surface area contributed by atoms with E-state index in [2.05, 4.69) is 20.6 Å². The number of aromatic nitrogens is 3. The SMILES string of the molecule is CNC(=O)c1csc(-c2csc(Cn3c(CC[C@H](C)N)c4c(cc3=O)C3(CC3)NC4=O)n2)n1. The number of hydrogen-bond acceptors (Lipinski definition) is 8. The maximum atomic E-state index is 13.2. The molecular formula is C22H24N6O3S2. The predicted molar refractivity (Wildman–Crippen MR) is 127 cm³/mol. The lowest BCUT2D eigenvalue weighted by Crippen LogP contribution is -2.28. The Morgan fingerprint density at radius 1 is 1.30 bits per heavy atom. The fourth-order valence-electron chi connectivity index (χ4n) is 4.23. The Balaban J connectivity index is 1.50. The first-order valence-electron chi connectivity index (χ1n) is 10.8. The van der Waals surface area contributed by atoms with E-state index < -0.39 is 0 Å². The molecule has 0 radical (unpaired) electrons. The van der Waals surface area contributed by atoms with Crippen LogP contribution in [-0.2, 0) is 18.5 Å². The van der Waals surface area contributed by atoms with Crippen molar-refractivity contribution in [2.75, 3.05) is 7.05 Å². The van der Waals surface area contributed by atoms with E-state index in [1.165, 1.54) is 22.7 Å². The molecule has 0 bridgehead atoms. The minimum atomic E-state index is -0.352. The molecule has 0 unspecified atom stereocenters. The van der Waals surface area contributed by atoms with Crippen LogP contribution in [-0.4, -0.2) is 39.4 Å². The maximum Gasteiger partial charge on any atom is 0.270 e. The molecule has 3 aromatic rings. The Morgan fingerprint density at radius 2 is 2.09 bits per heavy atom. The Morgan fingerprint density at radius 3 is 2.79 bits per heavy atom. The molecule has 1 aliphatic carbocycles. The van der Waals surface area contributed by atoms with E-state index in [9.17, 15) is 14.4 Å². The summed E-state index contributed by atoms with van der Waals surface area (Å²) in [5.41, 5.74) is 8.70. The lowest BCUT2D eigenvalue weighted by atomic mass is 9.98. The fourth-order valence-corrected chi connectivity index (χ4v) is 5.83. The normalized spacial score (nSPS) is 16.5. The van der Waals surface area contributed by atoms with Crippen LogP contribution in [0.4, 0.5) is 0 Å². The van der Waals surface area contributed by atoms with Gasteiger partial charge in [0.1, 0.15) is 21.4 Å². The van der Waals surface area contributed by atoms with Crippen LogP contribution in [0.2, 0.25) is 0 Å². The average Bonchev–Trinajstić information content (AvgIpc) is 3.13. The monoisotopic (exact) mass is 484 g/mol. The molecule has 1 spiro atoms. The minimum absolute atomic E-state index is 0.0466. The van der Waals surface area contributed by atoms with E-state index in [-0.39, 0.29) is 35.5 Å². The van der Waals surface area contributed by atoms with Gasteiger partial charge in [-0.1, -0.05) is 0 Å². The topological polar surface area (TPSA) is 132 Å². The highest BCUT2D eigenvalue weighted by molar-refractivity contribution is 7.14. The number of thiazole rings is 2. The van der Waals surface area contributed by atoms with E-state index >= 15 is 0 Å². The molecule has 11 heteroatoms. The van der Waals surface area contributed by atoms with Gasteiger partial charge in [-0.2, -0.15) is 0 Å². The first-order chi connectivity index (χ1) is 15.8. The third-order valence-electron chi connectivity index (χ3n) is 6.13. The van der Waals surface area contributed by atoms with Crippen LogP contribution in [0.5, 0.6) is 0 Å². The number of nitrogens with zero attached hydrogens (tertiary/aromatic N) is 3. The number of pyridine rings is 1. The summed E-state index contributed by atoms with van der Waals surface area (Å²) >= 11 is 2.76. The van der Waals surface area contributed by atoms with Crippen molar-refractivity contribution in [1.29, 1.82) is 0 Å². The molecule has 172 valence electrons. The zero-order chi connectivity index (χ0) is 23.3. The molecule has 0 aromatic carbocycles. The predicted octanol–water partition coefficient (Wildman–Crippen LogP) is 1.85. The Hall–Kier alpha value is -2.89. The van der Waals surface area contributed by atoms with Gasteiger partial charge in [0.25, 0.3) is 17.4 Å². The van der Waals surface area contributed by atoms with E-state index in [1.807, 2.05) is 12.3 Å². The first-order valence-corrected chi connectivity index (χ1v) is 12.5. The number of nitrogens with two attached hydrogens (primary N) is 1. The largest absolute Gasteiger partial charge is 0.354 e. The summed E-state index contributed by atoms with van der Waals surface area (Å²) in [5, 5.41) is 10.6. The van der Waals surface area contributed by atoms with Crippen LogP contribution >= 0.6 is 22.7 Å². The van der Waals surface area contributed by atoms with Crippen molar-refractivity contribution in [2.45, 2.75) is 50.7 Å². The average molecular weight is 485 g/mol. The number of rotatable bonds is 7. The van der Waals surface area contributed by atoms with Gasteiger partial charge in [-0.05, 0) is 38.2 Å². The lowest BCUT2D eigenvalue weighted by molar-refractivity contribution is 0.0945. The number of amides is 2. The standard InChI is InChI=1S/C22H24N6O3S2/c1-11(23)3-4-15-18-12(22(5-6-22)27-20(18)31)7-17(29)28(15)8-16-25-14(10-32-16)21-26-13(9-33-21)19(30)24-2/h7,9-11H,3-6,8,23H2,1-2H3,(H,24,30)(H,27,31)/t11-/m0/s1. The lowest BCUT2D eigenvalue weighted by Gasteiger charge is -2.17. The van der Waals surface area contributed by atoms with Gasteiger partial charge in [-0.3, -0.25) is 14.4 Å². The maximum absolute atomic E-state index is 13.2. The number of carbonyl (C=O) groups is 2. The van der Waals surface area contributed by atoms with Crippen LogP contribution in [0.3, 0.4) is 0 Å². The molecule has 1 fully saturated rings. The molecule has 3 aromatic heterocycles. The molecule has 1 aliphatic heterocycles. The quantitative estimate of drug-likeness (QED) is 0.469. The van der Waals surface area contributed by atoms with Crippen LogP contribution in [0.1, 0.15) is 63.3 Å². The molecule has 2 amide bonds. The summed E-state index contributed by atoms with van der Waals surface area (Å²) in [7, 11) is 1.56. The summed E-state index contributed by atoms with van der Waals surface area (Å²) in [6, 6.07) is 1.57. The molecule has 0 saturated heterocycles. The Kier molecular flexibility index (Phi) is 5.42. The van der Waals surface area contributed by atoms with Gasteiger partial charge < -0.3 is 20.9 Å². The van der Waals surface area contributed by atoms with Crippen molar-refractivity contribution in [2.24, 2.45) is 5.73 Å². The molecule has 9 nitrogen and oxygen atoms in total. The van der Waals surface area contributed by atoms with E-state index in [4.69, 9.17) is 5.73 Å². The Labute approximate surface area is 198 Å². The van der Waals surface area contributed by atoms with Crippen molar-refractivity contribution in [1.82, 2.24) is 25.2 Å². The van der Waals surface area contributed by atoms with Crippen LogP contribution in [0, 0.1) is 0 Å². The van der Waals surface area contributed by atoms with Crippen LogP contribution in [0.25, 0.3) is 10.7 Å². The molecule has 2 aliphatic rings. The third-order valence-corrected chi connectivity index (χ3v) is 7.83. The molecule has 4 N–H and O–H groups in total. The highest BCUT2D eigenvalue weighted by atomic mass is 32.1. The summed E-state index contributed by atoms with van der Waals surface area (Å²) in [6.45, 7) is 2.18. The number of hydrogen-bond donors (Lipinski definition) is 3. The zero-order valence-corrected chi connectivity index (χ0v) is 19.9. The zero-order valence-electron chi connectivity index (χ0n) is 18.3. The van der Waals surface area contributed by atoms with Gasteiger partial charge in [0, 0.05) is 35.6 Å². The van der Waals surface area contributed by atoms with Gasteiger partial charge >= 0.3 is 0 Å². The second-order valence-corrected chi connectivity index (χ2v) is 10.4. The Bertz CT molecular complexity index is 1320. The van der Waals surface area contributed by atoms with Crippen molar-refractivity contribution in [3.63, 3.8) is 0 Å². The van der Waals surface area contributed by atoms with E-state index in [0.717, 1.165) is 29.1 Å². The summed E-state index contributed by atoms with van der Waals surface area (Å²) < 4.78 is 1.66. The molecule has 1 atom stereocenters. The number of fused-ring (bicyclic) bond motifs is 2. The van der Waals surface area contributed by atoms with E-state index in [0.29, 0.717) is 34.8 Å². The van der Waals surface area contributed by atoms with Gasteiger partial charge in [0.05, 0.1) is 17.6 Å². The third kappa shape index (κ3) is 3.90.